The second-order valence-electron chi connectivity index (χ2n) is 9.97. The molecule has 1 saturated heterocycles. The number of benzene rings is 1. The van der Waals surface area contributed by atoms with Crippen molar-refractivity contribution in [3.63, 3.8) is 0 Å². The molecule has 2 amide bonds. The lowest BCUT2D eigenvalue weighted by Gasteiger charge is -2.32. The zero-order chi connectivity index (χ0) is 23.5. The first-order valence-corrected chi connectivity index (χ1v) is 12.1. The number of β-amino-alcohol motifs (C(OH)–C–C–N with tert-alkyl or cyclic N) is 1. The molecule has 7 nitrogen and oxygen atoms in total. The summed E-state index contributed by atoms with van der Waals surface area (Å²) in [5.41, 5.74) is 6.10. The molecule has 2 saturated carbocycles. The van der Waals surface area contributed by atoms with Gasteiger partial charge in [0.25, 0.3) is 0 Å². The zero-order valence-electron chi connectivity index (χ0n) is 18.9. The van der Waals surface area contributed by atoms with Crippen molar-refractivity contribution in [3.05, 3.63) is 35.6 Å². The van der Waals surface area contributed by atoms with E-state index in [4.69, 9.17) is 5.73 Å². The van der Waals surface area contributed by atoms with E-state index in [0.29, 0.717) is 51.0 Å². The predicted molar refractivity (Wildman–Crippen MR) is 121 cm³/mol. The highest BCUT2D eigenvalue weighted by molar-refractivity contribution is 5.97. The number of Topliss-reactive ketones (excluding diaryl/α,β-unsaturated/α-hetero) is 1. The molecule has 3 aliphatic rings. The molecule has 5 atom stereocenters. The third kappa shape index (κ3) is 5.44. The molecule has 2 bridgehead atoms. The Kier molecular flexibility index (Phi) is 7.44. The number of nitrogens with zero attached hydrogens (tertiary/aromatic N) is 1. The number of piperidine rings is 1. The number of hydrogen-bond donors (Lipinski definition) is 3. The van der Waals surface area contributed by atoms with Crippen LogP contribution in [0.1, 0.15) is 48.9 Å². The van der Waals surface area contributed by atoms with E-state index in [1.54, 1.807) is 0 Å². The number of nitrogens with two attached hydrogens (primary N) is 1. The van der Waals surface area contributed by atoms with E-state index in [0.717, 1.165) is 19.3 Å². The molecule has 180 valence electrons. The highest BCUT2D eigenvalue weighted by Gasteiger charge is 2.53. The van der Waals surface area contributed by atoms with E-state index in [2.05, 4.69) is 10.2 Å². The molecule has 0 aromatic heterocycles. The summed E-state index contributed by atoms with van der Waals surface area (Å²) in [6.07, 6.45) is 4.14. The molecule has 8 heteroatoms. The van der Waals surface area contributed by atoms with Gasteiger partial charge in [0.05, 0.1) is 17.9 Å². The van der Waals surface area contributed by atoms with Crippen LogP contribution in [0.15, 0.2) is 24.3 Å². The fraction of sp³-hybridized carbons (Fsp3) is 0.640. The van der Waals surface area contributed by atoms with Crippen molar-refractivity contribution in [2.75, 3.05) is 26.2 Å². The number of halogens is 1. The Morgan fingerprint density at radius 2 is 1.70 bits per heavy atom. The first-order chi connectivity index (χ1) is 15.8. The SMILES string of the molecule is NC(=O)C1C2CCC(C2)C1C(=O)NCCC(O)CN1CCC(C(=O)c2ccc(F)cc2)CC1. The molecule has 1 aromatic rings. The van der Waals surface area contributed by atoms with Crippen LogP contribution in [0.2, 0.25) is 0 Å². The summed E-state index contributed by atoms with van der Waals surface area (Å²) in [5.74, 6) is -1.06. The second kappa shape index (κ2) is 10.3. The fourth-order valence-electron chi connectivity index (χ4n) is 6.17. The lowest BCUT2D eigenvalue weighted by Crippen LogP contribution is -2.44. The number of rotatable bonds is 9. The summed E-state index contributed by atoms with van der Waals surface area (Å²) in [7, 11) is 0. The first-order valence-electron chi connectivity index (χ1n) is 12.1. The molecule has 0 radical (unpaired) electrons. The van der Waals surface area contributed by atoms with Crippen LogP contribution in [0.25, 0.3) is 0 Å². The Balaban J connectivity index is 1.16. The van der Waals surface area contributed by atoms with Gasteiger partial charge in [-0.15, -0.1) is 0 Å². The van der Waals surface area contributed by atoms with Crippen molar-refractivity contribution in [1.82, 2.24) is 10.2 Å². The lowest BCUT2D eigenvalue weighted by atomic mass is 9.78. The highest BCUT2D eigenvalue weighted by Crippen LogP contribution is 2.52. The smallest absolute Gasteiger partial charge is 0.224 e. The number of amides is 2. The third-order valence-electron chi connectivity index (χ3n) is 7.88. The van der Waals surface area contributed by atoms with Crippen LogP contribution < -0.4 is 11.1 Å². The lowest BCUT2D eigenvalue weighted by molar-refractivity contribution is -0.135. The average Bonchev–Trinajstić information content (AvgIpc) is 3.41. The molecule has 1 heterocycles. The highest BCUT2D eigenvalue weighted by atomic mass is 19.1. The van der Waals surface area contributed by atoms with Gasteiger partial charge in [0, 0.05) is 24.6 Å². The Morgan fingerprint density at radius 1 is 1.06 bits per heavy atom. The van der Waals surface area contributed by atoms with Gasteiger partial charge in [-0.2, -0.15) is 0 Å². The van der Waals surface area contributed by atoms with Gasteiger partial charge in [-0.1, -0.05) is 0 Å². The normalized spacial score (nSPS) is 28.5. The number of likely N-dealkylation sites (tertiary alicyclic amines) is 1. The minimum atomic E-state index is -0.582. The maximum Gasteiger partial charge on any atom is 0.224 e. The number of nitrogens with one attached hydrogen (secondary N) is 1. The van der Waals surface area contributed by atoms with Gasteiger partial charge in [-0.25, -0.2) is 4.39 Å². The summed E-state index contributed by atoms with van der Waals surface area (Å²) in [4.78, 5) is 39.3. The van der Waals surface area contributed by atoms with Gasteiger partial charge in [0.2, 0.25) is 11.8 Å². The van der Waals surface area contributed by atoms with Gasteiger partial charge in [-0.3, -0.25) is 14.4 Å². The van der Waals surface area contributed by atoms with Crippen molar-refractivity contribution in [2.24, 2.45) is 35.3 Å². The molecular formula is C25H34FN3O4. The Bertz CT molecular complexity index is 869. The number of carbonyl (C=O) groups is 3. The molecule has 4 N–H and O–H groups in total. The van der Waals surface area contributed by atoms with E-state index in [1.165, 1.54) is 24.3 Å². The second-order valence-corrected chi connectivity index (χ2v) is 9.97. The number of fused-ring (bicyclic) bond motifs is 2. The summed E-state index contributed by atoms with van der Waals surface area (Å²) in [5, 5.41) is 13.3. The number of aliphatic hydroxyl groups is 1. The van der Waals surface area contributed by atoms with Gasteiger partial charge in [-0.05, 0) is 87.7 Å². The number of primary amides is 1. The topological polar surface area (TPSA) is 113 Å². The maximum atomic E-state index is 13.1. The molecule has 0 spiro atoms. The van der Waals surface area contributed by atoms with Crippen LogP contribution in [0.5, 0.6) is 0 Å². The Morgan fingerprint density at radius 3 is 2.33 bits per heavy atom. The van der Waals surface area contributed by atoms with Crippen LogP contribution in [-0.4, -0.2) is 59.9 Å². The average molecular weight is 460 g/mol. The van der Waals surface area contributed by atoms with Crippen molar-refractivity contribution < 1.29 is 23.9 Å². The number of carbonyl (C=O) groups excluding carboxylic acids is 3. The van der Waals surface area contributed by atoms with E-state index < -0.39 is 6.10 Å². The molecule has 3 fully saturated rings. The minimum absolute atomic E-state index is 0.0489. The summed E-state index contributed by atoms with van der Waals surface area (Å²) < 4.78 is 13.1. The predicted octanol–water partition coefficient (Wildman–Crippen LogP) is 1.74. The van der Waals surface area contributed by atoms with Crippen LogP contribution >= 0.6 is 0 Å². The van der Waals surface area contributed by atoms with Crippen LogP contribution in [-0.2, 0) is 9.59 Å². The molecule has 2 aliphatic carbocycles. The van der Waals surface area contributed by atoms with E-state index >= 15 is 0 Å². The largest absolute Gasteiger partial charge is 0.392 e. The molecule has 1 aliphatic heterocycles. The quantitative estimate of drug-likeness (QED) is 0.487. The fourth-order valence-corrected chi connectivity index (χ4v) is 6.17. The number of aliphatic hydroxyl groups excluding tert-OH is 1. The van der Waals surface area contributed by atoms with Crippen LogP contribution in [0, 0.1) is 35.4 Å². The summed E-state index contributed by atoms with van der Waals surface area (Å²) in [6, 6.07) is 5.68. The van der Waals surface area contributed by atoms with Gasteiger partial charge >= 0.3 is 0 Å². The van der Waals surface area contributed by atoms with Gasteiger partial charge in [0.1, 0.15) is 5.82 Å². The number of hydrogen-bond acceptors (Lipinski definition) is 5. The summed E-state index contributed by atoms with van der Waals surface area (Å²) in [6.45, 7) is 2.28. The Labute approximate surface area is 193 Å². The van der Waals surface area contributed by atoms with Gasteiger partial charge in [0.15, 0.2) is 5.78 Å². The first kappa shape index (κ1) is 23.8. The van der Waals surface area contributed by atoms with Crippen molar-refractivity contribution >= 4 is 17.6 Å². The molecule has 1 aromatic carbocycles. The van der Waals surface area contributed by atoms with E-state index in [-0.39, 0.29) is 53.0 Å². The third-order valence-corrected chi connectivity index (χ3v) is 7.88. The van der Waals surface area contributed by atoms with Gasteiger partial charge < -0.3 is 21.1 Å². The maximum absolute atomic E-state index is 13.1. The van der Waals surface area contributed by atoms with Crippen molar-refractivity contribution in [3.8, 4) is 0 Å². The zero-order valence-corrected chi connectivity index (χ0v) is 18.9. The van der Waals surface area contributed by atoms with E-state index in [1.807, 2.05) is 0 Å². The molecular weight excluding hydrogens is 425 g/mol. The van der Waals surface area contributed by atoms with Crippen LogP contribution in [0.3, 0.4) is 0 Å². The monoisotopic (exact) mass is 459 g/mol. The Hall–Kier alpha value is -2.32. The van der Waals surface area contributed by atoms with Crippen molar-refractivity contribution in [1.29, 1.82) is 0 Å². The van der Waals surface area contributed by atoms with Crippen LogP contribution in [0.4, 0.5) is 4.39 Å². The minimum Gasteiger partial charge on any atom is -0.392 e. The van der Waals surface area contributed by atoms with E-state index in [9.17, 15) is 23.9 Å². The summed E-state index contributed by atoms with van der Waals surface area (Å²) >= 11 is 0. The standard InChI is InChI=1S/C25H34FN3O4/c26-19-5-3-15(4-6-19)23(31)16-8-11-29(12-9-16)14-20(30)7-10-28-25(33)22-18-2-1-17(13-18)21(22)24(27)32/h3-6,16-18,20-22,30H,1-2,7-14H2,(H2,27,32)(H,28,33). The molecule has 5 unspecified atom stereocenters. The molecule has 4 rings (SSSR count). The van der Waals surface area contributed by atoms with Crippen molar-refractivity contribution in [2.45, 2.75) is 44.6 Å². The number of ketones is 1. The molecule has 33 heavy (non-hydrogen) atoms.